The smallest absolute Gasteiger partial charge is 0.232 e. The Morgan fingerprint density at radius 2 is 1.94 bits per heavy atom. The van der Waals surface area contributed by atoms with Gasteiger partial charge in [0.2, 0.25) is 5.91 Å². The van der Waals surface area contributed by atoms with Crippen molar-refractivity contribution in [3.8, 4) is 11.5 Å². The lowest BCUT2D eigenvalue weighted by molar-refractivity contribution is -0.117. The van der Waals surface area contributed by atoms with Crippen molar-refractivity contribution in [2.75, 3.05) is 25.1 Å². The van der Waals surface area contributed by atoms with Crippen LogP contribution >= 0.6 is 11.6 Å². The molecule has 1 amide bonds. The van der Waals surface area contributed by atoms with Gasteiger partial charge in [0, 0.05) is 6.07 Å². The first kappa shape index (κ1) is 11.1. The van der Waals surface area contributed by atoms with E-state index in [1.165, 1.54) is 4.90 Å². The minimum atomic E-state index is 0.000283. The number of amides is 1. The first-order chi connectivity index (χ1) is 7.71. The molecular formula is C11H12ClNO3. The van der Waals surface area contributed by atoms with Gasteiger partial charge in [0.15, 0.2) is 11.5 Å². The highest BCUT2D eigenvalue weighted by Crippen LogP contribution is 2.38. The minimum absolute atomic E-state index is 0.000283. The zero-order valence-electron chi connectivity index (χ0n) is 9.12. The van der Waals surface area contributed by atoms with Crippen molar-refractivity contribution in [2.24, 2.45) is 0 Å². The highest BCUT2D eigenvalue weighted by atomic mass is 35.5. The molecule has 0 bridgehead atoms. The molecule has 0 fully saturated rings. The molecule has 0 N–H and O–H groups in total. The minimum Gasteiger partial charge on any atom is -0.493 e. The van der Waals surface area contributed by atoms with E-state index in [0.29, 0.717) is 17.9 Å². The Hall–Kier alpha value is -1.42. The Bertz CT molecular complexity index is 433. The van der Waals surface area contributed by atoms with Gasteiger partial charge in [-0.15, -0.1) is 11.6 Å². The van der Waals surface area contributed by atoms with Crippen molar-refractivity contribution in [3.05, 3.63) is 17.7 Å². The number of ether oxygens (including phenoxy) is 2. The van der Waals surface area contributed by atoms with E-state index in [-0.39, 0.29) is 11.9 Å². The number of anilines is 1. The molecule has 0 saturated carbocycles. The first-order valence-corrected chi connectivity index (χ1v) is 5.36. The number of carbonyl (C=O) groups excluding carboxylic acids is 1. The summed E-state index contributed by atoms with van der Waals surface area (Å²) in [5, 5.41) is 0. The van der Waals surface area contributed by atoms with E-state index in [1.54, 1.807) is 20.3 Å². The molecule has 86 valence electrons. The van der Waals surface area contributed by atoms with Gasteiger partial charge in [0.1, 0.15) is 6.00 Å². The Morgan fingerprint density at radius 1 is 1.31 bits per heavy atom. The third kappa shape index (κ3) is 1.59. The van der Waals surface area contributed by atoms with Crippen LogP contribution in [0.25, 0.3) is 0 Å². The molecule has 16 heavy (non-hydrogen) atoms. The fourth-order valence-corrected chi connectivity index (χ4v) is 2.09. The average molecular weight is 242 g/mol. The molecule has 0 spiro atoms. The summed E-state index contributed by atoms with van der Waals surface area (Å²) in [4.78, 5) is 13.1. The summed E-state index contributed by atoms with van der Waals surface area (Å²) in [6, 6.07) is 3.75. The van der Waals surface area contributed by atoms with Crippen LogP contribution < -0.4 is 14.4 Å². The predicted molar refractivity (Wildman–Crippen MR) is 61.5 cm³/mol. The normalized spacial score (nSPS) is 13.9. The second-order valence-corrected chi connectivity index (χ2v) is 3.69. The number of alkyl halides is 1. The second-order valence-electron chi connectivity index (χ2n) is 3.45. The molecule has 0 atom stereocenters. The molecular weight excluding hydrogens is 230 g/mol. The van der Waals surface area contributed by atoms with Crippen LogP contribution in [-0.4, -0.2) is 26.1 Å². The molecule has 0 radical (unpaired) electrons. The van der Waals surface area contributed by atoms with E-state index >= 15 is 0 Å². The molecule has 4 nitrogen and oxygen atoms in total. The van der Waals surface area contributed by atoms with Crippen LogP contribution in [0.2, 0.25) is 0 Å². The van der Waals surface area contributed by atoms with E-state index in [0.717, 1.165) is 11.3 Å². The summed E-state index contributed by atoms with van der Waals surface area (Å²) in [5.41, 5.74) is 1.72. The Morgan fingerprint density at radius 3 is 2.50 bits per heavy atom. The quantitative estimate of drug-likeness (QED) is 0.598. The number of nitrogens with zero attached hydrogens (tertiary/aromatic N) is 1. The van der Waals surface area contributed by atoms with Gasteiger partial charge >= 0.3 is 0 Å². The Balaban J connectivity index is 2.51. The number of hydrogen-bond donors (Lipinski definition) is 0. The van der Waals surface area contributed by atoms with E-state index < -0.39 is 0 Å². The van der Waals surface area contributed by atoms with Gasteiger partial charge in [0.05, 0.1) is 26.3 Å². The molecule has 1 aliphatic heterocycles. The van der Waals surface area contributed by atoms with Crippen molar-refractivity contribution in [2.45, 2.75) is 6.42 Å². The number of halogens is 1. The summed E-state index contributed by atoms with van der Waals surface area (Å²) >= 11 is 5.73. The van der Waals surface area contributed by atoms with Gasteiger partial charge in [-0.3, -0.25) is 9.69 Å². The number of carbonyl (C=O) groups is 1. The van der Waals surface area contributed by atoms with Crippen molar-refractivity contribution in [3.63, 3.8) is 0 Å². The van der Waals surface area contributed by atoms with Gasteiger partial charge in [-0.25, -0.2) is 0 Å². The van der Waals surface area contributed by atoms with E-state index in [4.69, 9.17) is 21.1 Å². The van der Waals surface area contributed by atoms with E-state index in [9.17, 15) is 4.79 Å². The van der Waals surface area contributed by atoms with Crippen LogP contribution in [0.5, 0.6) is 11.5 Å². The van der Waals surface area contributed by atoms with Gasteiger partial charge in [-0.2, -0.15) is 0 Å². The fraction of sp³-hybridized carbons (Fsp3) is 0.364. The third-order valence-electron chi connectivity index (χ3n) is 2.64. The van der Waals surface area contributed by atoms with Crippen molar-refractivity contribution < 1.29 is 14.3 Å². The molecule has 0 aromatic heterocycles. The number of fused-ring (bicyclic) bond motifs is 1. The van der Waals surface area contributed by atoms with Crippen molar-refractivity contribution >= 4 is 23.2 Å². The van der Waals surface area contributed by atoms with Crippen molar-refractivity contribution in [1.82, 2.24) is 0 Å². The molecule has 2 rings (SSSR count). The topological polar surface area (TPSA) is 38.8 Å². The van der Waals surface area contributed by atoms with E-state index in [1.807, 2.05) is 6.07 Å². The van der Waals surface area contributed by atoms with Gasteiger partial charge in [0.25, 0.3) is 0 Å². The number of rotatable bonds is 3. The summed E-state index contributed by atoms with van der Waals surface area (Å²) < 4.78 is 10.4. The number of methoxy groups -OCH3 is 2. The highest BCUT2D eigenvalue weighted by molar-refractivity contribution is 6.22. The fourth-order valence-electron chi connectivity index (χ4n) is 1.83. The predicted octanol–water partition coefficient (Wildman–Crippen LogP) is 1.79. The van der Waals surface area contributed by atoms with Crippen LogP contribution in [-0.2, 0) is 11.2 Å². The molecule has 0 aliphatic carbocycles. The highest BCUT2D eigenvalue weighted by Gasteiger charge is 2.28. The Labute approximate surface area is 98.7 Å². The van der Waals surface area contributed by atoms with Crippen LogP contribution in [0, 0.1) is 0 Å². The molecule has 1 aromatic rings. The second kappa shape index (κ2) is 4.22. The summed E-state index contributed by atoms with van der Waals surface area (Å²) in [5.74, 6) is 1.23. The largest absolute Gasteiger partial charge is 0.493 e. The van der Waals surface area contributed by atoms with Crippen molar-refractivity contribution in [1.29, 1.82) is 0 Å². The maximum atomic E-state index is 11.6. The molecule has 0 saturated heterocycles. The lowest BCUT2D eigenvalue weighted by Gasteiger charge is -2.15. The number of benzene rings is 1. The van der Waals surface area contributed by atoms with Crippen LogP contribution in [0.3, 0.4) is 0 Å². The van der Waals surface area contributed by atoms with Gasteiger partial charge < -0.3 is 9.47 Å². The molecule has 1 heterocycles. The summed E-state index contributed by atoms with van der Waals surface area (Å²) in [6.07, 6.45) is 0.363. The molecule has 5 heteroatoms. The maximum absolute atomic E-state index is 11.6. The average Bonchev–Trinajstić information content (AvgIpc) is 2.61. The SMILES string of the molecule is COc1cc2c(cc1OC)N(CCl)C(=O)C2. The Kier molecular flexibility index (Phi) is 2.92. The standard InChI is InChI=1S/C11H12ClNO3/c1-15-9-3-7-4-11(14)13(6-12)8(7)5-10(9)16-2/h3,5H,4,6H2,1-2H3. The lowest BCUT2D eigenvalue weighted by atomic mass is 10.1. The molecule has 0 unspecified atom stereocenters. The maximum Gasteiger partial charge on any atom is 0.232 e. The van der Waals surface area contributed by atoms with Crippen LogP contribution in [0.4, 0.5) is 5.69 Å². The van der Waals surface area contributed by atoms with Gasteiger partial charge in [-0.05, 0) is 11.6 Å². The molecule has 1 aliphatic rings. The van der Waals surface area contributed by atoms with Crippen LogP contribution in [0.1, 0.15) is 5.56 Å². The number of hydrogen-bond acceptors (Lipinski definition) is 3. The summed E-state index contributed by atoms with van der Waals surface area (Å²) in [7, 11) is 3.13. The monoisotopic (exact) mass is 241 g/mol. The zero-order chi connectivity index (χ0) is 11.7. The van der Waals surface area contributed by atoms with E-state index in [2.05, 4.69) is 0 Å². The van der Waals surface area contributed by atoms with Gasteiger partial charge in [-0.1, -0.05) is 0 Å². The lowest BCUT2D eigenvalue weighted by Crippen LogP contribution is -2.24. The molecule has 1 aromatic carbocycles. The third-order valence-corrected chi connectivity index (χ3v) is 2.88. The first-order valence-electron chi connectivity index (χ1n) is 4.82. The summed E-state index contributed by atoms with van der Waals surface area (Å²) in [6.45, 7) is 0. The zero-order valence-corrected chi connectivity index (χ0v) is 9.87. The van der Waals surface area contributed by atoms with Crippen LogP contribution in [0.15, 0.2) is 12.1 Å².